The molecule has 4 N–H and O–H groups in total. The molecule has 2 aromatic carbocycles. The van der Waals surface area contributed by atoms with E-state index in [0.717, 1.165) is 24.3 Å². The Morgan fingerprint density at radius 3 is 1.23 bits per heavy atom. The molecule has 13 nitrogen and oxygen atoms in total. The highest BCUT2D eigenvalue weighted by Crippen LogP contribution is 2.25. The third kappa shape index (κ3) is 4.92. The van der Waals surface area contributed by atoms with Gasteiger partial charge in [0.05, 0.1) is 22.3 Å². The molecule has 0 saturated heterocycles. The van der Waals surface area contributed by atoms with E-state index in [4.69, 9.17) is 10.2 Å². The van der Waals surface area contributed by atoms with Crippen LogP contribution in [-0.4, -0.2) is 60.0 Å². The van der Waals surface area contributed by atoms with Crippen molar-refractivity contribution in [1.82, 2.24) is 0 Å². The smallest absolute Gasteiger partial charge is 0.348 e. The first-order valence-corrected chi connectivity index (χ1v) is 10.5. The third-order valence-electron chi connectivity index (χ3n) is 3.66. The van der Waals surface area contributed by atoms with E-state index in [1.807, 2.05) is 0 Å². The Kier molecular flexibility index (Phi) is 6.27. The largest absolute Gasteiger partial charge is 0.478 e. The number of hydrogen-bond acceptors (Lipinski definition) is 9. The second kappa shape index (κ2) is 8.23. The summed E-state index contributed by atoms with van der Waals surface area (Å²) in [6.45, 7) is 0. The lowest BCUT2D eigenvalue weighted by Crippen LogP contribution is -2.22. The zero-order valence-electron chi connectivity index (χ0n) is 14.7. The van der Waals surface area contributed by atoms with Gasteiger partial charge >= 0.3 is 23.9 Å². The van der Waals surface area contributed by atoms with Crippen molar-refractivity contribution in [2.45, 2.75) is 9.79 Å². The molecule has 0 aliphatic rings. The van der Waals surface area contributed by atoms with Gasteiger partial charge in [0.1, 0.15) is 9.79 Å². The average Bonchev–Trinajstić information content (AvgIpc) is 2.65. The Labute approximate surface area is 173 Å². The van der Waals surface area contributed by atoms with Crippen molar-refractivity contribution >= 4 is 44.1 Å². The molecule has 0 aromatic heterocycles. The third-order valence-corrected chi connectivity index (χ3v) is 5.45. The molecule has 0 aliphatic carbocycles. The first-order valence-electron chi connectivity index (χ1n) is 7.60. The highest BCUT2D eigenvalue weighted by molar-refractivity contribution is 7.86. The van der Waals surface area contributed by atoms with Crippen molar-refractivity contribution in [2.24, 2.45) is 0 Å². The van der Waals surface area contributed by atoms with E-state index in [2.05, 4.69) is 4.74 Å². The maximum atomic E-state index is 12.4. The molecule has 2 aromatic rings. The van der Waals surface area contributed by atoms with Crippen molar-refractivity contribution < 1.29 is 60.1 Å². The molecule has 2 rings (SSSR count). The molecule has 0 heterocycles. The molecule has 0 bridgehead atoms. The van der Waals surface area contributed by atoms with Gasteiger partial charge in [-0.15, -0.1) is 0 Å². The van der Waals surface area contributed by atoms with E-state index < -0.39 is 76.2 Å². The molecule has 15 heteroatoms. The van der Waals surface area contributed by atoms with Crippen molar-refractivity contribution in [3.05, 3.63) is 58.7 Å². The van der Waals surface area contributed by atoms with E-state index in [1.165, 1.54) is 0 Å². The van der Waals surface area contributed by atoms with Gasteiger partial charge < -0.3 is 14.9 Å². The highest BCUT2D eigenvalue weighted by atomic mass is 32.2. The van der Waals surface area contributed by atoms with E-state index >= 15 is 0 Å². The number of rotatable bonds is 6. The van der Waals surface area contributed by atoms with Crippen LogP contribution in [0.2, 0.25) is 0 Å². The van der Waals surface area contributed by atoms with Crippen LogP contribution in [0.3, 0.4) is 0 Å². The summed E-state index contributed by atoms with van der Waals surface area (Å²) < 4.78 is 68.8. The quantitative estimate of drug-likeness (QED) is 0.255. The first-order chi connectivity index (χ1) is 14.2. The second-order valence-corrected chi connectivity index (χ2v) is 8.37. The summed E-state index contributed by atoms with van der Waals surface area (Å²) in [6.07, 6.45) is 0. The summed E-state index contributed by atoms with van der Waals surface area (Å²) in [7, 11) is -10.4. The highest BCUT2D eigenvalue weighted by Gasteiger charge is 2.33. The van der Waals surface area contributed by atoms with Gasteiger partial charge in [-0.3, -0.25) is 9.11 Å². The van der Waals surface area contributed by atoms with E-state index in [1.54, 1.807) is 0 Å². The number of ether oxygens (including phenoxy) is 1. The summed E-state index contributed by atoms with van der Waals surface area (Å²) in [5.74, 6) is -7.63. The van der Waals surface area contributed by atoms with Crippen LogP contribution in [-0.2, 0) is 25.0 Å². The number of aromatic carboxylic acids is 2. The lowest BCUT2D eigenvalue weighted by atomic mass is 10.1. The first kappa shape index (κ1) is 23.6. The maximum absolute atomic E-state index is 12.4. The number of carboxylic acids is 2. The Morgan fingerprint density at radius 1 is 0.645 bits per heavy atom. The van der Waals surface area contributed by atoms with Gasteiger partial charge in [-0.25, -0.2) is 19.2 Å². The van der Waals surface area contributed by atoms with Crippen LogP contribution in [0, 0.1) is 0 Å². The zero-order valence-corrected chi connectivity index (χ0v) is 16.4. The van der Waals surface area contributed by atoms with Crippen LogP contribution in [0.15, 0.2) is 46.2 Å². The van der Waals surface area contributed by atoms with E-state index in [-0.39, 0.29) is 0 Å². The fourth-order valence-electron chi connectivity index (χ4n) is 2.46. The average molecular weight is 474 g/mol. The summed E-state index contributed by atoms with van der Waals surface area (Å²) in [6, 6.07) is 4.46. The van der Waals surface area contributed by atoms with Gasteiger partial charge in [0.15, 0.2) is 0 Å². The Balaban J connectivity index is 2.69. The standard InChI is InChI=1S/C16H10O13S2/c17-13(18)7-3-1-5-9(30(23,24)25)11(7)15(21)29-16(22)12-8(14(19)20)4-2-6-10(12)31(26,27)28/h1-6H,(H,17,18)(H,19,20)(H,23,24,25)(H,26,27,28). The van der Waals surface area contributed by atoms with Crippen LogP contribution in [0.25, 0.3) is 0 Å². The molecule has 0 aliphatic heterocycles. The SMILES string of the molecule is O=C(O)c1cccc(S(=O)(=O)O)c1C(=O)OC(=O)c1c(C(=O)O)cccc1S(=O)(=O)O. The van der Waals surface area contributed by atoms with Gasteiger partial charge in [-0.05, 0) is 24.3 Å². The number of esters is 2. The Morgan fingerprint density at radius 2 is 0.968 bits per heavy atom. The van der Waals surface area contributed by atoms with Crippen LogP contribution >= 0.6 is 0 Å². The molecule has 0 saturated carbocycles. The molecule has 0 spiro atoms. The van der Waals surface area contributed by atoms with Crippen LogP contribution in [0.5, 0.6) is 0 Å². The van der Waals surface area contributed by atoms with Crippen molar-refractivity contribution in [3.63, 3.8) is 0 Å². The molecule has 0 fully saturated rings. The Bertz CT molecular complexity index is 1230. The van der Waals surface area contributed by atoms with Crippen LogP contribution in [0.4, 0.5) is 0 Å². The number of carbonyl (C=O) groups is 4. The Hall–Kier alpha value is -3.66. The van der Waals surface area contributed by atoms with Gasteiger partial charge in [-0.1, -0.05) is 12.1 Å². The zero-order chi connectivity index (χ0) is 23.7. The van der Waals surface area contributed by atoms with Gasteiger partial charge in [0.2, 0.25) is 0 Å². The number of benzene rings is 2. The molecule has 164 valence electrons. The van der Waals surface area contributed by atoms with Crippen molar-refractivity contribution in [2.75, 3.05) is 0 Å². The topological polar surface area (TPSA) is 227 Å². The molecule has 0 radical (unpaired) electrons. The molecule has 0 amide bonds. The lowest BCUT2D eigenvalue weighted by molar-refractivity contribution is 0.0380. The monoisotopic (exact) mass is 474 g/mol. The predicted molar refractivity (Wildman–Crippen MR) is 96.2 cm³/mol. The van der Waals surface area contributed by atoms with Gasteiger partial charge in [0, 0.05) is 0 Å². The maximum Gasteiger partial charge on any atom is 0.348 e. The fraction of sp³-hybridized carbons (Fsp3) is 0. The van der Waals surface area contributed by atoms with E-state index in [9.17, 15) is 45.1 Å². The summed E-state index contributed by atoms with van der Waals surface area (Å²) in [4.78, 5) is 45.0. The minimum Gasteiger partial charge on any atom is -0.478 e. The molecule has 0 unspecified atom stereocenters. The molecular weight excluding hydrogens is 464 g/mol. The fourth-order valence-corrected chi connectivity index (χ4v) is 3.86. The van der Waals surface area contributed by atoms with Gasteiger partial charge in [-0.2, -0.15) is 16.8 Å². The predicted octanol–water partition coefficient (Wildman–Crippen LogP) is 0.574. The van der Waals surface area contributed by atoms with Gasteiger partial charge in [0.25, 0.3) is 20.2 Å². The lowest BCUT2D eigenvalue weighted by Gasteiger charge is -2.12. The minimum absolute atomic E-state index is 0.623. The summed E-state index contributed by atoms with van der Waals surface area (Å²) >= 11 is 0. The molecular formula is C16H10O13S2. The van der Waals surface area contributed by atoms with Crippen molar-refractivity contribution in [1.29, 1.82) is 0 Å². The number of carbonyl (C=O) groups excluding carboxylic acids is 2. The van der Waals surface area contributed by atoms with Crippen molar-refractivity contribution in [3.8, 4) is 0 Å². The summed E-state index contributed by atoms with van der Waals surface area (Å²) in [5, 5.41) is 18.3. The molecule has 0 atom stereocenters. The van der Waals surface area contributed by atoms with Crippen LogP contribution < -0.4 is 0 Å². The summed E-state index contributed by atoms with van der Waals surface area (Å²) in [5.41, 5.74) is -4.58. The normalized spacial score (nSPS) is 11.5. The minimum atomic E-state index is -5.19. The number of hydrogen-bond donors (Lipinski definition) is 4. The molecule has 31 heavy (non-hydrogen) atoms. The van der Waals surface area contributed by atoms with Crippen LogP contribution in [0.1, 0.15) is 41.4 Å². The van der Waals surface area contributed by atoms with E-state index in [0.29, 0.717) is 12.1 Å². The second-order valence-electron chi connectivity index (χ2n) is 5.59. The number of carboxylic acid groups (broad SMARTS) is 2.